The summed E-state index contributed by atoms with van der Waals surface area (Å²) in [7, 11) is 10.4. The molecule has 8 fully saturated rings. The second kappa shape index (κ2) is 33.1. The predicted molar refractivity (Wildman–Crippen MR) is 378 cm³/mol. The van der Waals surface area contributed by atoms with E-state index in [1.165, 1.54) is 41.2 Å². The number of fused-ring (bicyclic) bond motifs is 8. The Balaban J connectivity index is 0.699. The van der Waals surface area contributed by atoms with Crippen LogP contribution < -0.4 is 4.74 Å². The number of benzene rings is 2. The number of carbonyl (C=O) groups is 3. The van der Waals surface area contributed by atoms with Crippen molar-refractivity contribution >= 4 is 17.5 Å². The molecule has 112 heavy (non-hydrogen) atoms. The third-order valence-electron chi connectivity index (χ3n) is 24.6. The fourth-order valence-electron chi connectivity index (χ4n) is 18.7. The van der Waals surface area contributed by atoms with Crippen molar-refractivity contribution in [2.75, 3.05) is 49.6 Å². The Kier molecular flexibility index (Phi) is 25.1. The molecule has 2 bridgehead atoms. The number of ketones is 2. The Morgan fingerprint density at radius 2 is 0.982 bits per heavy atom. The minimum Gasteiger partial charge on any atom is -0.507 e. The van der Waals surface area contributed by atoms with Gasteiger partial charge in [0.05, 0.1) is 127 Å². The number of aliphatic hydroxyl groups excluding tert-OH is 5. The summed E-state index contributed by atoms with van der Waals surface area (Å²) in [5.74, 6) is -6.51. The van der Waals surface area contributed by atoms with Crippen molar-refractivity contribution in [1.29, 1.82) is 0 Å². The molecule has 2 aromatic rings. The molecule has 8 saturated heterocycles. The molecule has 0 saturated carbocycles. The lowest BCUT2D eigenvalue weighted by molar-refractivity contribution is -0.599. The van der Waals surface area contributed by atoms with Gasteiger partial charge in [-0.05, 0) is 94.1 Å². The minimum absolute atomic E-state index is 0.0275. The molecular formula is C76H110N2O34. The summed E-state index contributed by atoms with van der Waals surface area (Å²) >= 11 is 0. The van der Waals surface area contributed by atoms with E-state index in [1.807, 2.05) is 6.92 Å². The van der Waals surface area contributed by atoms with E-state index >= 15 is 9.59 Å². The summed E-state index contributed by atoms with van der Waals surface area (Å²) in [4.78, 5) is 59.3. The lowest BCUT2D eigenvalue weighted by Crippen LogP contribution is -2.70. The van der Waals surface area contributed by atoms with Crippen LogP contribution in [0.5, 0.6) is 17.2 Å². The van der Waals surface area contributed by atoms with Gasteiger partial charge >= 0.3 is 5.97 Å². The number of nitrogens with zero attached hydrogens (tertiary/aromatic N) is 2. The van der Waals surface area contributed by atoms with Gasteiger partial charge in [0.25, 0.3) is 5.54 Å². The molecule has 2 aromatic carbocycles. The molecule has 36 atom stereocenters. The lowest BCUT2D eigenvalue weighted by Gasteiger charge is -2.56. The number of aliphatic hydroxyl groups is 6. The van der Waals surface area contributed by atoms with Crippen LogP contribution in [-0.4, -0.2) is 320 Å². The topological polar surface area (TPSA) is 453 Å². The Labute approximate surface area is 647 Å². The largest absolute Gasteiger partial charge is 0.507 e. The molecule has 11 aliphatic rings. The lowest BCUT2D eigenvalue weighted by atomic mass is 9.68. The van der Waals surface area contributed by atoms with Crippen LogP contribution in [0.25, 0.3) is 0 Å². The molecule has 0 aromatic heterocycles. The number of carbonyl (C=O) groups excluding carboxylic acids is 3. The number of phenols is 2. The monoisotopic (exact) mass is 1590 g/mol. The highest BCUT2D eigenvalue weighted by Crippen LogP contribution is 2.58. The molecule has 13 rings (SSSR count). The molecule has 36 unspecified atom stereocenters. The number of hydrogen-bond donors (Lipinski definition) is 8. The number of methoxy groups -OCH3 is 5. The van der Waals surface area contributed by atoms with Crippen molar-refractivity contribution in [2.45, 2.75) is 340 Å². The molecule has 0 amide bonds. The summed E-state index contributed by atoms with van der Waals surface area (Å²) < 4.78 is 130. The normalized spacial score (nSPS) is 45.5. The molecule has 0 spiro atoms. The van der Waals surface area contributed by atoms with E-state index in [0.29, 0.717) is 6.42 Å². The summed E-state index contributed by atoms with van der Waals surface area (Å²) in [5, 5.41) is 107. The van der Waals surface area contributed by atoms with Gasteiger partial charge in [-0.2, -0.15) is 0 Å². The molecule has 36 heteroatoms. The highest BCUT2D eigenvalue weighted by molar-refractivity contribution is 6.31. The van der Waals surface area contributed by atoms with E-state index in [4.69, 9.17) is 99.5 Å². The Morgan fingerprint density at radius 3 is 1.48 bits per heavy atom. The highest BCUT2D eigenvalue weighted by atomic mass is 16.8. The smallest absolute Gasteiger partial charge is 0.316 e. The fourth-order valence-corrected chi connectivity index (χ4v) is 18.7. The summed E-state index contributed by atoms with van der Waals surface area (Å²) in [6, 6.07) is 1.34. The van der Waals surface area contributed by atoms with Crippen molar-refractivity contribution in [1.82, 2.24) is 4.90 Å². The van der Waals surface area contributed by atoms with Gasteiger partial charge in [0, 0.05) is 102 Å². The van der Waals surface area contributed by atoms with Gasteiger partial charge in [-0.3, -0.25) is 24.5 Å². The van der Waals surface area contributed by atoms with Crippen molar-refractivity contribution in [3.8, 4) is 17.2 Å². The van der Waals surface area contributed by atoms with Crippen LogP contribution in [0.1, 0.15) is 181 Å². The number of likely N-dealkylation sites (N-methyl/N-ethyl adjacent to an activating group) is 1. The van der Waals surface area contributed by atoms with Crippen LogP contribution in [0.15, 0.2) is 12.1 Å². The number of hydrogen-bond acceptors (Lipinski definition) is 35. The van der Waals surface area contributed by atoms with Gasteiger partial charge in [-0.15, -0.1) is 0 Å². The van der Waals surface area contributed by atoms with E-state index in [1.54, 1.807) is 74.6 Å². The van der Waals surface area contributed by atoms with Crippen LogP contribution >= 0.6 is 0 Å². The van der Waals surface area contributed by atoms with Crippen molar-refractivity contribution in [3.05, 3.63) is 61.2 Å². The Hall–Kier alpha value is -4.99. The number of aromatic hydroxyl groups is 2. The Bertz CT molecular complexity index is 3720. The van der Waals surface area contributed by atoms with Gasteiger partial charge in [-0.1, -0.05) is 0 Å². The average molecular weight is 1600 g/mol. The SMILES string of the molecule is COC(=O)C1c2cc3c(c(O)c2C(OC2CC(OC)C(OC4CC(O)C(OC5CC(OC)C(OC6CC(OC)C(O)C(C)O6)C(C)O5)C(C)O4)C(C)O2)CC1(C)O)C(=O)c1c(O)cc2c(c1C3=O)OC1OC2(C)C(OC2CC(O)C(OC3CC(C)([N+](=O)[O-])C(OC4CC(OC)C(O)C(C)O4)C(C)O3)C(C)O2)C(N(C)C)C1O. The molecule has 9 aliphatic heterocycles. The molecular weight excluding hydrogens is 1480 g/mol. The standard InChI is InChI=1S/C76H110N2O34/c1-28-59(82)41(92-13)22-49(97-28)107-68-33(6)102-50(25-44(68)95-16)105-65-30(3)99-46(20-39(65)80)106-67-32(5)101-48(24-43(67)94-15)104-45-26-75(9,89)57(72(88)96-17)35-18-36-54(62(85)53(35)45)63(86)55-38(79)19-37-69(56(55)61(36)84)111-73-64(87)58(77(11)12)71(76(37,10)112-73)110-47-21-40(81)66(31(4)100-47)108-52-27-74(8,78(90)91)70(34(7)103-52)109-51-23-42(93-14)60(83)29(2)98-51/h18-19,28-34,39-52,57-60,64-68,70-71,73,79-83,85,87,89H,20-27H2,1-17H3. The molecule has 8 N–H and O–H groups in total. The van der Waals surface area contributed by atoms with Gasteiger partial charge in [0.15, 0.2) is 55.9 Å². The summed E-state index contributed by atoms with van der Waals surface area (Å²) in [5.41, 5.74) is -8.13. The first-order chi connectivity index (χ1) is 52.9. The van der Waals surface area contributed by atoms with Gasteiger partial charge < -0.3 is 145 Å². The molecule has 9 heterocycles. The Morgan fingerprint density at radius 1 is 0.536 bits per heavy atom. The van der Waals surface area contributed by atoms with E-state index in [-0.39, 0.29) is 61.0 Å². The number of nitro groups is 1. The fraction of sp³-hybridized carbons (Fsp3) is 0.803. The van der Waals surface area contributed by atoms with E-state index < -0.39 is 282 Å². The van der Waals surface area contributed by atoms with Crippen LogP contribution in [-0.2, 0) is 105 Å². The zero-order valence-electron chi connectivity index (χ0n) is 66.0. The number of esters is 1. The zero-order valence-corrected chi connectivity index (χ0v) is 66.0. The third kappa shape index (κ3) is 15.6. The van der Waals surface area contributed by atoms with Gasteiger partial charge in [-0.25, -0.2) is 0 Å². The van der Waals surface area contributed by atoms with Crippen LogP contribution in [0.2, 0.25) is 0 Å². The van der Waals surface area contributed by atoms with E-state index in [9.17, 15) is 55.8 Å². The van der Waals surface area contributed by atoms with Crippen molar-refractivity contribution in [2.24, 2.45) is 0 Å². The maximum absolute atomic E-state index is 15.7. The molecule has 628 valence electrons. The van der Waals surface area contributed by atoms with Crippen molar-refractivity contribution in [3.63, 3.8) is 0 Å². The summed E-state index contributed by atoms with van der Waals surface area (Å²) in [6.45, 7) is 16.1. The first-order valence-corrected chi connectivity index (χ1v) is 38.4. The minimum atomic E-state index is -2.04. The highest BCUT2D eigenvalue weighted by Gasteiger charge is 2.64. The van der Waals surface area contributed by atoms with E-state index in [0.717, 1.165) is 13.2 Å². The number of rotatable bonds is 21. The van der Waals surface area contributed by atoms with Crippen LogP contribution in [0.3, 0.4) is 0 Å². The third-order valence-corrected chi connectivity index (χ3v) is 24.6. The quantitative estimate of drug-likeness (QED) is 0.0431. The first-order valence-electron chi connectivity index (χ1n) is 38.4. The second-order valence-electron chi connectivity index (χ2n) is 32.5. The van der Waals surface area contributed by atoms with Gasteiger partial charge in [0.1, 0.15) is 77.6 Å². The van der Waals surface area contributed by atoms with Gasteiger partial charge in [0.2, 0.25) is 12.1 Å². The average Bonchev–Trinajstić information content (AvgIpc) is 0.689. The maximum atomic E-state index is 15.7. The second-order valence-corrected chi connectivity index (χ2v) is 32.5. The van der Waals surface area contributed by atoms with E-state index in [2.05, 4.69) is 0 Å². The molecule has 2 aliphatic carbocycles. The number of phenolic OH excluding ortho intramolecular Hbond substituents is 2. The molecule has 0 radical (unpaired) electrons. The van der Waals surface area contributed by atoms with Crippen LogP contribution in [0.4, 0.5) is 0 Å². The predicted octanol–water partition coefficient (Wildman–Crippen LogP) is 2.39. The summed E-state index contributed by atoms with van der Waals surface area (Å²) in [6.07, 6.45) is -30.1. The van der Waals surface area contributed by atoms with Crippen molar-refractivity contribution < 1.29 is 160 Å². The maximum Gasteiger partial charge on any atom is 0.316 e. The number of ether oxygens (including phenoxy) is 21. The van der Waals surface area contributed by atoms with Crippen LogP contribution in [0, 0.1) is 10.1 Å². The zero-order chi connectivity index (χ0) is 81.1. The first kappa shape index (κ1) is 84.9. The molecule has 36 nitrogen and oxygen atoms in total.